The number of primary amides is 1. The van der Waals surface area contributed by atoms with Crippen molar-refractivity contribution >= 4 is 23.2 Å². The largest absolute Gasteiger partial charge is 0.508 e. The number of carbonyl (C=O) groups is 3. The molecule has 3 aliphatic rings. The Balaban J connectivity index is 1.65. The molecule has 0 spiro atoms. The van der Waals surface area contributed by atoms with Crippen LogP contribution in [0.15, 0.2) is 45.8 Å². The minimum atomic E-state index is -2.58. The Labute approximate surface area is 212 Å². The third-order valence-corrected chi connectivity index (χ3v) is 7.64. The molecule has 194 valence electrons. The minimum absolute atomic E-state index is 0.0313. The third kappa shape index (κ3) is 3.59. The minimum Gasteiger partial charge on any atom is -0.508 e. The summed E-state index contributed by atoms with van der Waals surface area (Å²) in [6.07, 6.45) is 1.46. The lowest BCUT2D eigenvalue weighted by atomic mass is 9.59. The van der Waals surface area contributed by atoms with Crippen LogP contribution in [0.4, 0.5) is 0 Å². The summed E-state index contributed by atoms with van der Waals surface area (Å²) >= 11 is 0. The van der Waals surface area contributed by atoms with Gasteiger partial charge in [0, 0.05) is 41.6 Å². The highest BCUT2D eigenvalue weighted by molar-refractivity contribution is 6.22. The quantitative estimate of drug-likeness (QED) is 0.330. The second-order valence-electron chi connectivity index (χ2n) is 10.2. The molecule has 3 atom stereocenters. The van der Waals surface area contributed by atoms with Crippen molar-refractivity contribution in [2.75, 3.05) is 0 Å². The van der Waals surface area contributed by atoms with Crippen molar-refractivity contribution in [3.63, 3.8) is 0 Å². The molecule has 1 saturated carbocycles. The average molecular weight is 509 g/mol. The Hall–Kier alpha value is -3.89. The summed E-state index contributed by atoms with van der Waals surface area (Å²) in [5.41, 5.74) is 3.75. The highest BCUT2D eigenvalue weighted by Crippen LogP contribution is 2.53. The standard InChI is InChI=1S/C27H28N2O8/c1-11(2)29-10-12-5-6-37-23(12)15-3-4-17(30)20-16(15)8-13-7-14-9-18(31)21(26(28)35)25(34)27(14,36)24(33)19(13)22(20)32/h3-6,11,13-14,29-30,32,34,36H,7-10H2,1-2H3,(H2,28,35)/t13-,14+,27+/m1/s1. The molecule has 0 unspecified atom stereocenters. The lowest BCUT2D eigenvalue weighted by molar-refractivity contribution is -0.147. The second kappa shape index (κ2) is 8.60. The normalized spacial score (nSPS) is 25.3. The summed E-state index contributed by atoms with van der Waals surface area (Å²) in [6.45, 7) is 4.56. The molecule has 1 aromatic heterocycles. The summed E-state index contributed by atoms with van der Waals surface area (Å²) in [7, 11) is 0. The van der Waals surface area contributed by atoms with Gasteiger partial charge in [-0.05, 0) is 42.5 Å². The molecule has 3 aliphatic carbocycles. The molecular weight excluding hydrogens is 480 g/mol. The average Bonchev–Trinajstić information content (AvgIpc) is 3.28. The van der Waals surface area contributed by atoms with E-state index >= 15 is 0 Å². The van der Waals surface area contributed by atoms with Gasteiger partial charge in [-0.15, -0.1) is 0 Å². The van der Waals surface area contributed by atoms with Crippen LogP contribution in [0.5, 0.6) is 5.75 Å². The zero-order valence-corrected chi connectivity index (χ0v) is 20.4. The summed E-state index contributed by atoms with van der Waals surface area (Å²) < 4.78 is 5.79. The van der Waals surface area contributed by atoms with E-state index in [0.717, 1.165) is 5.56 Å². The first-order chi connectivity index (χ1) is 17.5. The molecule has 1 aromatic carbocycles. The number of ketones is 2. The number of amides is 1. The van der Waals surface area contributed by atoms with Gasteiger partial charge in [-0.3, -0.25) is 14.4 Å². The molecule has 1 fully saturated rings. The number of fused-ring (bicyclic) bond motifs is 3. The van der Waals surface area contributed by atoms with Gasteiger partial charge >= 0.3 is 0 Å². The molecule has 37 heavy (non-hydrogen) atoms. The number of furan rings is 1. The molecule has 0 radical (unpaired) electrons. The van der Waals surface area contributed by atoms with Crippen molar-refractivity contribution in [2.45, 2.75) is 51.3 Å². The summed E-state index contributed by atoms with van der Waals surface area (Å²) in [5, 5.41) is 47.3. The van der Waals surface area contributed by atoms with Gasteiger partial charge in [0.15, 0.2) is 11.4 Å². The number of phenols is 1. The van der Waals surface area contributed by atoms with E-state index < -0.39 is 52.0 Å². The molecule has 7 N–H and O–H groups in total. The number of carbonyl (C=O) groups excluding carboxylic acids is 3. The maximum absolute atomic E-state index is 13.6. The zero-order valence-electron chi connectivity index (χ0n) is 20.4. The molecule has 1 amide bonds. The van der Waals surface area contributed by atoms with E-state index in [1.807, 2.05) is 19.9 Å². The van der Waals surface area contributed by atoms with E-state index in [0.29, 0.717) is 23.4 Å². The summed E-state index contributed by atoms with van der Waals surface area (Å²) in [4.78, 5) is 37.9. The molecule has 0 saturated heterocycles. The number of nitrogens with one attached hydrogen (secondary N) is 1. The van der Waals surface area contributed by atoms with E-state index in [4.69, 9.17) is 10.2 Å². The number of hydrogen-bond donors (Lipinski definition) is 6. The van der Waals surface area contributed by atoms with Crippen molar-refractivity contribution in [3.05, 3.63) is 58.1 Å². The van der Waals surface area contributed by atoms with Crippen molar-refractivity contribution in [1.29, 1.82) is 0 Å². The molecule has 10 heteroatoms. The van der Waals surface area contributed by atoms with Crippen molar-refractivity contribution in [2.24, 2.45) is 17.6 Å². The number of phenolic OH excluding ortho intramolecular Hbond substituents is 1. The van der Waals surface area contributed by atoms with E-state index in [1.165, 1.54) is 6.07 Å². The third-order valence-electron chi connectivity index (χ3n) is 7.64. The van der Waals surface area contributed by atoms with Gasteiger partial charge in [-0.2, -0.15) is 0 Å². The first kappa shape index (κ1) is 24.8. The summed E-state index contributed by atoms with van der Waals surface area (Å²) in [5.74, 6) is -6.00. The Morgan fingerprint density at radius 3 is 2.59 bits per heavy atom. The van der Waals surface area contributed by atoms with Crippen LogP contribution in [0.2, 0.25) is 0 Å². The second-order valence-corrected chi connectivity index (χ2v) is 10.2. The van der Waals surface area contributed by atoms with Crippen LogP contribution in [0.25, 0.3) is 17.1 Å². The lowest BCUT2D eigenvalue weighted by Crippen LogP contribution is -2.58. The number of aliphatic hydroxyl groups excluding tert-OH is 2. The summed E-state index contributed by atoms with van der Waals surface area (Å²) in [6, 6.07) is 5.14. The maximum atomic E-state index is 13.6. The number of benzene rings is 1. The van der Waals surface area contributed by atoms with Gasteiger partial charge < -0.3 is 35.9 Å². The zero-order chi connectivity index (χ0) is 26.8. The Morgan fingerprint density at radius 1 is 1.19 bits per heavy atom. The van der Waals surface area contributed by atoms with Crippen LogP contribution >= 0.6 is 0 Å². The predicted octanol–water partition coefficient (Wildman–Crippen LogP) is 2.18. The Kier molecular flexibility index (Phi) is 5.76. The van der Waals surface area contributed by atoms with Crippen molar-refractivity contribution in [3.8, 4) is 17.1 Å². The number of rotatable bonds is 5. The highest BCUT2D eigenvalue weighted by atomic mass is 16.3. The van der Waals surface area contributed by atoms with E-state index in [-0.39, 0.29) is 42.2 Å². The van der Waals surface area contributed by atoms with Gasteiger partial charge in [-0.25, -0.2) is 0 Å². The molecule has 2 aromatic rings. The number of nitrogens with two attached hydrogens (primary N) is 1. The number of aromatic hydroxyl groups is 1. The van der Waals surface area contributed by atoms with Crippen LogP contribution in [0.3, 0.4) is 0 Å². The number of hydrogen-bond acceptors (Lipinski definition) is 9. The Bertz CT molecular complexity index is 1420. The SMILES string of the molecule is CC(C)NCc1ccoc1-c1ccc(O)c2c1C[C@H]1C[C@H]3CC(=O)C(C(N)=O)=C(O)[C@@]3(O)C(=O)C1=C2O. The van der Waals surface area contributed by atoms with E-state index in [1.54, 1.807) is 12.3 Å². The van der Waals surface area contributed by atoms with Crippen molar-refractivity contribution in [1.82, 2.24) is 5.32 Å². The Morgan fingerprint density at radius 2 is 1.92 bits per heavy atom. The van der Waals surface area contributed by atoms with Crippen LogP contribution < -0.4 is 11.1 Å². The smallest absolute Gasteiger partial charge is 0.255 e. The van der Waals surface area contributed by atoms with Gasteiger partial charge in [0.25, 0.3) is 5.91 Å². The van der Waals surface area contributed by atoms with Gasteiger partial charge in [0.05, 0.1) is 11.8 Å². The van der Waals surface area contributed by atoms with E-state index in [2.05, 4.69) is 5.32 Å². The molecule has 1 heterocycles. The molecule has 0 bridgehead atoms. The first-order valence-electron chi connectivity index (χ1n) is 12.1. The first-order valence-corrected chi connectivity index (χ1v) is 12.1. The highest BCUT2D eigenvalue weighted by Gasteiger charge is 2.60. The lowest BCUT2D eigenvalue weighted by Gasteiger charge is -2.46. The number of Topliss-reactive ketones (excluding diaryl/α,β-unsaturated/α-hetero) is 2. The number of aliphatic hydroxyl groups is 3. The van der Waals surface area contributed by atoms with Gasteiger partial charge in [0.2, 0.25) is 5.78 Å². The van der Waals surface area contributed by atoms with Gasteiger partial charge in [0.1, 0.15) is 28.6 Å². The van der Waals surface area contributed by atoms with Crippen LogP contribution in [-0.2, 0) is 27.3 Å². The molecule has 0 aliphatic heterocycles. The molecular formula is C27H28N2O8. The molecule has 5 rings (SSSR count). The fourth-order valence-electron chi connectivity index (χ4n) is 5.86. The topological polar surface area (TPSA) is 183 Å². The monoisotopic (exact) mass is 508 g/mol. The van der Waals surface area contributed by atoms with Crippen molar-refractivity contribution < 1.29 is 39.2 Å². The van der Waals surface area contributed by atoms with Crippen LogP contribution in [0, 0.1) is 11.8 Å². The molecule has 10 nitrogen and oxygen atoms in total. The predicted molar refractivity (Wildman–Crippen MR) is 131 cm³/mol. The fourth-order valence-corrected chi connectivity index (χ4v) is 5.86. The fraction of sp³-hybridized carbons (Fsp3) is 0.370. The van der Waals surface area contributed by atoms with E-state index in [9.17, 15) is 34.8 Å². The van der Waals surface area contributed by atoms with Crippen LogP contribution in [-0.4, -0.2) is 49.5 Å². The van der Waals surface area contributed by atoms with Crippen LogP contribution in [0.1, 0.15) is 43.4 Å². The maximum Gasteiger partial charge on any atom is 0.255 e. The van der Waals surface area contributed by atoms with Gasteiger partial charge in [-0.1, -0.05) is 13.8 Å².